The maximum Gasteiger partial charge on any atom is 0.274 e. The predicted molar refractivity (Wildman–Crippen MR) is 145 cm³/mol. The van der Waals surface area contributed by atoms with E-state index in [1.165, 1.54) is 23.1 Å². The van der Waals surface area contributed by atoms with Gasteiger partial charge in [0.2, 0.25) is 0 Å². The number of amides is 1. The van der Waals surface area contributed by atoms with Crippen molar-refractivity contribution >= 4 is 23.4 Å². The Morgan fingerprint density at radius 3 is 2.39 bits per heavy atom. The molecule has 36 heavy (non-hydrogen) atoms. The van der Waals surface area contributed by atoms with Gasteiger partial charge in [-0.15, -0.1) is 0 Å². The lowest BCUT2D eigenvalue weighted by Crippen LogP contribution is -2.52. The van der Waals surface area contributed by atoms with Crippen molar-refractivity contribution in [2.75, 3.05) is 33.7 Å². The van der Waals surface area contributed by atoms with E-state index >= 15 is 0 Å². The van der Waals surface area contributed by atoms with Gasteiger partial charge in [-0.3, -0.25) is 15.4 Å². The second kappa shape index (κ2) is 11.5. The van der Waals surface area contributed by atoms with Crippen molar-refractivity contribution < 1.29 is 10.0 Å². The summed E-state index contributed by atoms with van der Waals surface area (Å²) in [6, 6.07) is 16.5. The van der Waals surface area contributed by atoms with E-state index in [0.29, 0.717) is 29.3 Å². The van der Waals surface area contributed by atoms with Crippen molar-refractivity contribution in [3.63, 3.8) is 0 Å². The topological polar surface area (TPSA) is 91.7 Å². The highest BCUT2D eigenvalue weighted by Crippen LogP contribution is 2.41. The van der Waals surface area contributed by atoms with Gasteiger partial charge < -0.3 is 15.1 Å². The van der Waals surface area contributed by atoms with E-state index in [1.807, 2.05) is 6.08 Å². The fraction of sp³-hybridized carbons (Fsp3) is 0.379. The lowest BCUT2D eigenvalue weighted by molar-refractivity contribution is 0.0706. The number of allylic oxidation sites excluding steroid dienone is 1. The summed E-state index contributed by atoms with van der Waals surface area (Å²) in [5, 5.41) is 20.7. The van der Waals surface area contributed by atoms with Crippen LogP contribution in [0.3, 0.4) is 0 Å². The molecule has 1 heterocycles. The third-order valence-corrected chi connectivity index (χ3v) is 6.97. The van der Waals surface area contributed by atoms with Gasteiger partial charge in [0, 0.05) is 63.4 Å². The Bertz CT molecular complexity index is 1120. The summed E-state index contributed by atoms with van der Waals surface area (Å²) in [6.45, 7) is 4.99. The second-order valence-electron chi connectivity index (χ2n) is 10.0. The molecular formula is C29H37N5O2. The zero-order valence-electron chi connectivity index (χ0n) is 21.4. The van der Waals surface area contributed by atoms with E-state index in [0.717, 1.165) is 31.6 Å². The average molecular weight is 488 g/mol. The maximum absolute atomic E-state index is 11.4. The van der Waals surface area contributed by atoms with Crippen LogP contribution in [0.1, 0.15) is 52.7 Å². The van der Waals surface area contributed by atoms with Crippen molar-refractivity contribution in [1.82, 2.24) is 20.6 Å². The molecule has 2 unspecified atom stereocenters. The van der Waals surface area contributed by atoms with Gasteiger partial charge in [-0.2, -0.15) is 0 Å². The third-order valence-electron chi connectivity index (χ3n) is 6.97. The summed E-state index contributed by atoms with van der Waals surface area (Å²) in [5.74, 6) is 1.14. The standard InChI is InChI=1S/C29H37N5O2/c1-4-22(19-33(2)3)23-10-12-24(13-11-23)26-15-27(26)31-16-21-17-34(18-21)28(30)14-7-20-5-8-25(9-6-20)29(35)32-36/h5-14,19,21,26-27,30-31,36H,4,15-18H2,1-3H3,(H,32,35)/b14-7+,22-19+,30-28?. The number of carbonyl (C=O) groups excluding carboxylic acids is 1. The zero-order valence-corrected chi connectivity index (χ0v) is 21.4. The number of rotatable bonds is 10. The van der Waals surface area contributed by atoms with Crippen LogP contribution in [0.5, 0.6) is 0 Å². The molecule has 1 amide bonds. The molecule has 1 saturated heterocycles. The molecule has 1 aliphatic heterocycles. The van der Waals surface area contributed by atoms with Crippen molar-refractivity contribution in [3.8, 4) is 0 Å². The largest absolute Gasteiger partial charge is 0.383 e. The molecule has 0 aromatic heterocycles. The first-order valence-electron chi connectivity index (χ1n) is 12.6. The molecule has 4 N–H and O–H groups in total. The fourth-order valence-corrected chi connectivity index (χ4v) is 4.72. The lowest BCUT2D eigenvalue weighted by Gasteiger charge is -2.40. The van der Waals surface area contributed by atoms with Gasteiger partial charge in [0.15, 0.2) is 0 Å². The Morgan fingerprint density at radius 2 is 1.78 bits per heavy atom. The highest BCUT2D eigenvalue weighted by atomic mass is 16.5. The SMILES string of the molecule is CC/C(=C\N(C)C)c1ccc(C2CC2NCC2CN(C(=N)/C=C/c3ccc(C(=O)NO)cc3)C2)cc1. The Hall–Kier alpha value is -3.42. The van der Waals surface area contributed by atoms with Crippen LogP contribution >= 0.6 is 0 Å². The quantitative estimate of drug-likeness (QED) is 0.175. The lowest BCUT2D eigenvalue weighted by atomic mass is 9.99. The van der Waals surface area contributed by atoms with Crippen LogP contribution in [-0.2, 0) is 0 Å². The van der Waals surface area contributed by atoms with Crippen LogP contribution in [0, 0.1) is 11.3 Å². The van der Waals surface area contributed by atoms with E-state index in [-0.39, 0.29) is 0 Å². The number of nitrogens with zero attached hydrogens (tertiary/aromatic N) is 2. The van der Waals surface area contributed by atoms with E-state index in [9.17, 15) is 4.79 Å². The first kappa shape index (κ1) is 25.7. The van der Waals surface area contributed by atoms with Crippen molar-refractivity contribution in [2.24, 2.45) is 5.92 Å². The summed E-state index contributed by atoms with van der Waals surface area (Å²) in [4.78, 5) is 15.6. The molecule has 0 radical (unpaired) electrons. The highest BCUT2D eigenvalue weighted by molar-refractivity contribution is 5.95. The molecule has 2 aromatic rings. The monoisotopic (exact) mass is 487 g/mol. The van der Waals surface area contributed by atoms with Crippen LogP contribution in [0.2, 0.25) is 0 Å². The Labute approximate surface area is 214 Å². The van der Waals surface area contributed by atoms with Gasteiger partial charge in [0.1, 0.15) is 5.84 Å². The molecule has 190 valence electrons. The summed E-state index contributed by atoms with van der Waals surface area (Å²) < 4.78 is 0. The molecule has 7 nitrogen and oxygen atoms in total. The van der Waals surface area contributed by atoms with Crippen molar-refractivity contribution in [1.29, 1.82) is 5.41 Å². The molecule has 7 heteroatoms. The number of hydrogen-bond donors (Lipinski definition) is 4. The van der Waals surface area contributed by atoms with Crippen LogP contribution in [0.15, 0.2) is 60.8 Å². The maximum atomic E-state index is 11.4. The van der Waals surface area contributed by atoms with E-state index < -0.39 is 5.91 Å². The Morgan fingerprint density at radius 1 is 1.11 bits per heavy atom. The minimum Gasteiger partial charge on any atom is -0.383 e. The number of hydrogen-bond acceptors (Lipinski definition) is 5. The molecule has 2 aliphatic rings. The van der Waals surface area contributed by atoms with Crippen LogP contribution in [0.25, 0.3) is 11.6 Å². The predicted octanol–water partition coefficient (Wildman–Crippen LogP) is 4.19. The van der Waals surface area contributed by atoms with E-state index in [4.69, 9.17) is 10.6 Å². The third kappa shape index (κ3) is 6.42. The molecule has 2 aromatic carbocycles. The molecule has 4 rings (SSSR count). The van der Waals surface area contributed by atoms with Crippen molar-refractivity contribution in [2.45, 2.75) is 31.7 Å². The number of benzene rings is 2. The highest BCUT2D eigenvalue weighted by Gasteiger charge is 2.39. The number of amidine groups is 1. The van der Waals surface area contributed by atoms with Crippen LogP contribution in [-0.4, -0.2) is 66.5 Å². The molecule has 0 bridgehead atoms. The number of hydroxylamine groups is 1. The van der Waals surface area contributed by atoms with Crippen LogP contribution < -0.4 is 10.8 Å². The van der Waals surface area contributed by atoms with Gasteiger partial charge in [-0.25, -0.2) is 5.48 Å². The summed E-state index contributed by atoms with van der Waals surface area (Å²) >= 11 is 0. The van der Waals surface area contributed by atoms with Gasteiger partial charge in [0.25, 0.3) is 5.91 Å². The van der Waals surface area contributed by atoms with E-state index in [1.54, 1.807) is 35.8 Å². The Balaban J connectivity index is 1.17. The molecular weight excluding hydrogens is 450 g/mol. The smallest absolute Gasteiger partial charge is 0.274 e. The Kier molecular flexibility index (Phi) is 8.23. The summed E-state index contributed by atoms with van der Waals surface area (Å²) in [7, 11) is 4.13. The fourth-order valence-electron chi connectivity index (χ4n) is 4.72. The van der Waals surface area contributed by atoms with Crippen molar-refractivity contribution in [3.05, 3.63) is 83.1 Å². The average Bonchev–Trinajstić information content (AvgIpc) is 3.64. The minimum absolute atomic E-state index is 0.389. The molecule has 2 fully saturated rings. The number of nitrogens with one attached hydrogen (secondary N) is 3. The van der Waals surface area contributed by atoms with Gasteiger partial charge in [-0.1, -0.05) is 49.4 Å². The van der Waals surface area contributed by atoms with Gasteiger partial charge in [0.05, 0.1) is 0 Å². The molecule has 1 aliphatic carbocycles. The summed E-state index contributed by atoms with van der Waals surface area (Å²) in [6.07, 6.45) is 8.08. The van der Waals surface area contributed by atoms with Gasteiger partial charge in [-0.05, 0) is 53.3 Å². The second-order valence-corrected chi connectivity index (χ2v) is 10.0. The first-order valence-corrected chi connectivity index (χ1v) is 12.6. The number of likely N-dealkylation sites (tertiary alicyclic amines) is 1. The minimum atomic E-state index is -0.535. The van der Waals surface area contributed by atoms with E-state index in [2.05, 4.69) is 66.6 Å². The first-order chi connectivity index (χ1) is 17.4. The molecule has 0 spiro atoms. The zero-order chi connectivity index (χ0) is 25.7. The normalized spacial score (nSPS) is 19.8. The van der Waals surface area contributed by atoms with Gasteiger partial charge >= 0.3 is 0 Å². The summed E-state index contributed by atoms with van der Waals surface area (Å²) in [5.41, 5.74) is 7.00. The molecule has 2 atom stereocenters. The molecule has 1 saturated carbocycles. The number of carbonyl (C=O) groups is 1. The van der Waals surface area contributed by atoms with Crippen LogP contribution in [0.4, 0.5) is 0 Å².